The molecule has 2 amide bonds. The summed E-state index contributed by atoms with van der Waals surface area (Å²) in [6.45, 7) is 6.15. The van der Waals surface area contributed by atoms with E-state index in [1.807, 2.05) is 0 Å². The second-order valence-corrected chi connectivity index (χ2v) is 8.15. The third-order valence-corrected chi connectivity index (χ3v) is 6.61. The molecule has 2 aliphatic rings. The number of hydrogen-bond acceptors (Lipinski definition) is 3. The van der Waals surface area contributed by atoms with Gasteiger partial charge in [0.25, 0.3) is 10.0 Å². The van der Waals surface area contributed by atoms with E-state index in [9.17, 15) is 13.2 Å². The number of amides is 2. The number of benzene rings is 1. The number of carbonyl (C=O) groups excluding carboxylic acids is 1. The standard InChI is InChI=1S/C17H22N2O3S/c1-3-12-18-15-6-4-5-7-16(15)23(21,22)19(17(18)20)14-10-8-13(2)9-11-14/h3-7,13-14H,1,8-12H2,2H3. The quantitative estimate of drug-likeness (QED) is 0.796. The second kappa shape index (κ2) is 6.00. The van der Waals surface area contributed by atoms with Crippen molar-refractivity contribution in [3.8, 4) is 0 Å². The monoisotopic (exact) mass is 334 g/mol. The largest absolute Gasteiger partial charge is 0.339 e. The summed E-state index contributed by atoms with van der Waals surface area (Å²) in [6, 6.07) is 5.99. The third-order valence-electron chi connectivity index (χ3n) is 4.74. The molecule has 0 saturated heterocycles. The fraction of sp³-hybridized carbons (Fsp3) is 0.471. The number of sulfonamides is 1. The van der Waals surface area contributed by atoms with Gasteiger partial charge in [-0.3, -0.25) is 4.90 Å². The third kappa shape index (κ3) is 2.65. The summed E-state index contributed by atoms with van der Waals surface area (Å²) in [5.41, 5.74) is 0.442. The Kier molecular flexibility index (Phi) is 4.19. The molecule has 23 heavy (non-hydrogen) atoms. The van der Waals surface area contributed by atoms with Crippen LogP contribution in [0.5, 0.6) is 0 Å². The Morgan fingerprint density at radius 2 is 1.87 bits per heavy atom. The molecule has 1 heterocycles. The predicted molar refractivity (Wildman–Crippen MR) is 89.8 cm³/mol. The highest BCUT2D eigenvalue weighted by atomic mass is 32.2. The van der Waals surface area contributed by atoms with Gasteiger partial charge in [-0.2, -0.15) is 0 Å². The first kappa shape index (κ1) is 16.1. The molecule has 5 nitrogen and oxygen atoms in total. The highest BCUT2D eigenvalue weighted by Gasteiger charge is 2.45. The molecule has 1 fully saturated rings. The molecule has 0 atom stereocenters. The fourth-order valence-electron chi connectivity index (χ4n) is 3.46. The van der Waals surface area contributed by atoms with Gasteiger partial charge in [0.2, 0.25) is 0 Å². The zero-order valence-electron chi connectivity index (χ0n) is 13.3. The zero-order valence-corrected chi connectivity index (χ0v) is 14.1. The van der Waals surface area contributed by atoms with Crippen LogP contribution in [0.15, 0.2) is 41.8 Å². The van der Waals surface area contributed by atoms with Crippen LogP contribution < -0.4 is 4.90 Å². The van der Waals surface area contributed by atoms with E-state index in [0.29, 0.717) is 18.2 Å². The lowest BCUT2D eigenvalue weighted by Gasteiger charge is -2.41. The Morgan fingerprint density at radius 1 is 1.22 bits per heavy atom. The van der Waals surface area contributed by atoms with Gasteiger partial charge in [0.1, 0.15) is 4.90 Å². The number of nitrogens with zero attached hydrogens (tertiary/aromatic N) is 2. The van der Waals surface area contributed by atoms with Crippen LogP contribution in [0.4, 0.5) is 10.5 Å². The van der Waals surface area contributed by atoms with E-state index in [1.54, 1.807) is 30.3 Å². The summed E-state index contributed by atoms with van der Waals surface area (Å²) in [5.74, 6) is 0.588. The normalized spacial score (nSPS) is 26.7. The Bertz CT molecular complexity index is 721. The summed E-state index contributed by atoms with van der Waals surface area (Å²) in [6.07, 6.45) is 4.99. The van der Waals surface area contributed by atoms with E-state index in [0.717, 1.165) is 30.0 Å². The van der Waals surface area contributed by atoms with Gasteiger partial charge in [-0.25, -0.2) is 17.5 Å². The Balaban J connectivity index is 2.07. The van der Waals surface area contributed by atoms with Crippen LogP contribution in [0.1, 0.15) is 32.6 Å². The van der Waals surface area contributed by atoms with Crippen LogP contribution in [0.2, 0.25) is 0 Å². The molecule has 1 aliphatic heterocycles. The molecule has 3 rings (SSSR count). The molecule has 0 unspecified atom stereocenters. The van der Waals surface area contributed by atoms with Crippen LogP contribution in [0.3, 0.4) is 0 Å². The average molecular weight is 334 g/mol. The van der Waals surface area contributed by atoms with Crippen LogP contribution >= 0.6 is 0 Å². The minimum atomic E-state index is -3.79. The Labute approximate surface area is 137 Å². The van der Waals surface area contributed by atoms with Crippen molar-refractivity contribution in [3.05, 3.63) is 36.9 Å². The van der Waals surface area contributed by atoms with Gasteiger partial charge in [0, 0.05) is 6.54 Å². The second-order valence-electron chi connectivity index (χ2n) is 6.36. The first-order chi connectivity index (χ1) is 11.0. The SMILES string of the molecule is C=CCN1C(=O)N(C2CCC(C)CC2)S(=O)(=O)c2ccccc21. The molecule has 6 heteroatoms. The maximum absolute atomic E-state index is 13.0. The van der Waals surface area contributed by atoms with Crippen molar-refractivity contribution < 1.29 is 13.2 Å². The van der Waals surface area contributed by atoms with Crippen molar-refractivity contribution in [3.63, 3.8) is 0 Å². The Morgan fingerprint density at radius 3 is 2.52 bits per heavy atom. The number of urea groups is 1. The molecule has 0 spiro atoms. The van der Waals surface area contributed by atoms with Crippen LogP contribution in [-0.2, 0) is 10.0 Å². The number of carbonyl (C=O) groups is 1. The lowest BCUT2D eigenvalue weighted by molar-refractivity contribution is 0.195. The maximum atomic E-state index is 13.0. The van der Waals surface area contributed by atoms with Crippen molar-refractivity contribution in [2.45, 2.75) is 43.5 Å². The molecular weight excluding hydrogens is 312 g/mol. The summed E-state index contributed by atoms with van der Waals surface area (Å²) >= 11 is 0. The first-order valence-electron chi connectivity index (χ1n) is 8.02. The van der Waals surface area contributed by atoms with E-state index >= 15 is 0 Å². The topological polar surface area (TPSA) is 57.7 Å². The van der Waals surface area contributed by atoms with Crippen molar-refractivity contribution in [1.82, 2.24) is 4.31 Å². The molecule has 1 saturated carbocycles. The van der Waals surface area contributed by atoms with E-state index < -0.39 is 16.1 Å². The van der Waals surface area contributed by atoms with Gasteiger partial charge < -0.3 is 0 Å². The molecule has 0 bridgehead atoms. The average Bonchev–Trinajstić information content (AvgIpc) is 2.53. The molecular formula is C17H22N2O3S. The zero-order chi connectivity index (χ0) is 16.6. The maximum Gasteiger partial charge on any atom is 0.339 e. The van der Waals surface area contributed by atoms with Gasteiger partial charge >= 0.3 is 6.03 Å². The highest BCUT2D eigenvalue weighted by molar-refractivity contribution is 7.90. The predicted octanol–water partition coefficient (Wildman–Crippen LogP) is 3.38. The summed E-state index contributed by atoms with van der Waals surface area (Å²) < 4.78 is 27.1. The molecule has 1 aliphatic carbocycles. The van der Waals surface area contributed by atoms with Gasteiger partial charge in [0.15, 0.2) is 0 Å². The minimum absolute atomic E-state index is 0.208. The fourth-order valence-corrected chi connectivity index (χ4v) is 5.28. The Hall–Kier alpha value is -1.82. The smallest absolute Gasteiger partial charge is 0.288 e. The van der Waals surface area contributed by atoms with E-state index in [4.69, 9.17) is 0 Å². The number of rotatable bonds is 3. The van der Waals surface area contributed by atoms with Gasteiger partial charge in [0.05, 0.1) is 11.7 Å². The van der Waals surface area contributed by atoms with E-state index in [2.05, 4.69) is 13.5 Å². The van der Waals surface area contributed by atoms with Gasteiger partial charge in [-0.1, -0.05) is 25.1 Å². The molecule has 1 aromatic carbocycles. The van der Waals surface area contributed by atoms with Crippen LogP contribution in [0, 0.1) is 5.92 Å². The van der Waals surface area contributed by atoms with Crippen molar-refractivity contribution in [2.75, 3.05) is 11.4 Å². The molecule has 0 N–H and O–H groups in total. The number of para-hydroxylation sites is 1. The highest BCUT2D eigenvalue weighted by Crippen LogP contribution is 2.38. The minimum Gasteiger partial charge on any atom is -0.288 e. The lowest BCUT2D eigenvalue weighted by atomic mass is 9.87. The molecule has 0 radical (unpaired) electrons. The van der Waals surface area contributed by atoms with Crippen molar-refractivity contribution in [2.24, 2.45) is 5.92 Å². The molecule has 1 aromatic rings. The van der Waals surface area contributed by atoms with Crippen LogP contribution in [-0.4, -0.2) is 31.3 Å². The van der Waals surface area contributed by atoms with E-state index in [-0.39, 0.29) is 10.9 Å². The number of fused-ring (bicyclic) bond motifs is 1. The first-order valence-corrected chi connectivity index (χ1v) is 9.46. The summed E-state index contributed by atoms with van der Waals surface area (Å²) in [7, 11) is -3.79. The molecule has 124 valence electrons. The summed E-state index contributed by atoms with van der Waals surface area (Å²) in [5, 5.41) is 0. The lowest BCUT2D eigenvalue weighted by Crippen LogP contribution is -2.55. The van der Waals surface area contributed by atoms with Gasteiger partial charge in [-0.15, -0.1) is 6.58 Å². The number of hydrogen-bond donors (Lipinski definition) is 0. The van der Waals surface area contributed by atoms with Crippen molar-refractivity contribution in [1.29, 1.82) is 0 Å². The number of anilines is 1. The molecule has 0 aromatic heterocycles. The van der Waals surface area contributed by atoms with Crippen molar-refractivity contribution >= 4 is 21.7 Å². The van der Waals surface area contributed by atoms with Crippen LogP contribution in [0.25, 0.3) is 0 Å². The van der Waals surface area contributed by atoms with Gasteiger partial charge in [-0.05, 0) is 43.7 Å². The van der Waals surface area contributed by atoms with E-state index in [1.165, 1.54) is 4.90 Å². The summed E-state index contributed by atoms with van der Waals surface area (Å²) in [4.78, 5) is 14.6.